The summed E-state index contributed by atoms with van der Waals surface area (Å²) in [4.78, 5) is 12.3. The topological polar surface area (TPSA) is 48.0 Å². The molecule has 0 saturated heterocycles. The molecular formula is C10H10N2OS2. The van der Waals surface area contributed by atoms with Crippen LogP contribution in [0.2, 0.25) is 0 Å². The molecule has 5 heteroatoms. The van der Waals surface area contributed by atoms with Crippen LogP contribution in [0.5, 0.6) is 0 Å². The SMILES string of the molecule is CC(C(N)=S)n1sc2ccccc2c1=O. The average molecular weight is 238 g/mol. The fourth-order valence-electron chi connectivity index (χ4n) is 1.36. The number of hydrogen-bond donors (Lipinski definition) is 1. The zero-order chi connectivity index (χ0) is 11.0. The molecule has 3 nitrogen and oxygen atoms in total. The van der Waals surface area contributed by atoms with Gasteiger partial charge in [0.15, 0.2) is 0 Å². The number of hydrogen-bond acceptors (Lipinski definition) is 3. The van der Waals surface area contributed by atoms with Gasteiger partial charge in [0.2, 0.25) is 0 Å². The van der Waals surface area contributed by atoms with Gasteiger partial charge in [-0.1, -0.05) is 35.9 Å². The summed E-state index contributed by atoms with van der Waals surface area (Å²) in [6, 6.07) is 7.28. The lowest BCUT2D eigenvalue weighted by atomic mass is 10.3. The van der Waals surface area contributed by atoms with Gasteiger partial charge in [-0.15, -0.1) is 0 Å². The van der Waals surface area contributed by atoms with Crippen molar-refractivity contribution in [3.8, 4) is 0 Å². The van der Waals surface area contributed by atoms with Crippen LogP contribution in [0.25, 0.3) is 10.1 Å². The lowest BCUT2D eigenvalue weighted by Gasteiger charge is -2.08. The average Bonchev–Trinajstić information content (AvgIpc) is 2.56. The number of nitrogens with two attached hydrogens (primary N) is 1. The normalized spacial score (nSPS) is 12.9. The number of benzene rings is 1. The van der Waals surface area contributed by atoms with Crippen molar-refractivity contribution in [1.29, 1.82) is 0 Å². The maximum absolute atomic E-state index is 11.9. The first-order chi connectivity index (χ1) is 7.11. The highest BCUT2D eigenvalue weighted by molar-refractivity contribution is 7.80. The smallest absolute Gasteiger partial charge is 0.269 e. The summed E-state index contributed by atoms with van der Waals surface area (Å²) in [5, 5.41) is 0.727. The van der Waals surface area contributed by atoms with Crippen LogP contribution in [0.15, 0.2) is 29.1 Å². The van der Waals surface area contributed by atoms with Crippen molar-refractivity contribution >= 4 is 38.8 Å². The largest absolute Gasteiger partial charge is 0.392 e. The van der Waals surface area contributed by atoms with E-state index in [1.165, 1.54) is 11.5 Å². The fourth-order valence-corrected chi connectivity index (χ4v) is 2.59. The van der Waals surface area contributed by atoms with Crippen molar-refractivity contribution in [1.82, 2.24) is 3.96 Å². The van der Waals surface area contributed by atoms with Gasteiger partial charge in [-0.2, -0.15) is 0 Å². The van der Waals surface area contributed by atoms with E-state index >= 15 is 0 Å². The molecule has 78 valence electrons. The van der Waals surface area contributed by atoms with Crippen molar-refractivity contribution < 1.29 is 0 Å². The van der Waals surface area contributed by atoms with Crippen LogP contribution >= 0.6 is 23.8 Å². The second-order valence-corrected chi connectivity index (χ2v) is 4.78. The first kappa shape index (κ1) is 10.3. The summed E-state index contributed by atoms with van der Waals surface area (Å²) in [6.07, 6.45) is 0. The third kappa shape index (κ3) is 1.68. The molecule has 0 saturated carbocycles. The Hall–Kier alpha value is -1.20. The van der Waals surface area contributed by atoms with E-state index < -0.39 is 0 Å². The molecule has 0 aliphatic rings. The van der Waals surface area contributed by atoms with Gasteiger partial charge in [0, 0.05) is 0 Å². The number of rotatable bonds is 2. The molecule has 0 amide bonds. The highest BCUT2D eigenvalue weighted by atomic mass is 32.1. The molecule has 0 radical (unpaired) electrons. The second kappa shape index (κ2) is 3.75. The van der Waals surface area contributed by atoms with Crippen LogP contribution < -0.4 is 11.3 Å². The van der Waals surface area contributed by atoms with Gasteiger partial charge in [-0.25, -0.2) is 0 Å². The number of nitrogens with zero attached hydrogens (tertiary/aromatic N) is 1. The number of fused-ring (bicyclic) bond motifs is 1. The predicted molar refractivity (Wildman–Crippen MR) is 67.6 cm³/mol. The lowest BCUT2D eigenvalue weighted by Crippen LogP contribution is -2.27. The third-order valence-corrected chi connectivity index (χ3v) is 3.85. The van der Waals surface area contributed by atoms with Crippen LogP contribution in [0.3, 0.4) is 0 Å². The molecular weight excluding hydrogens is 228 g/mol. The van der Waals surface area contributed by atoms with Crippen molar-refractivity contribution in [2.75, 3.05) is 0 Å². The van der Waals surface area contributed by atoms with Crippen molar-refractivity contribution in [3.63, 3.8) is 0 Å². The first-order valence-electron chi connectivity index (χ1n) is 4.51. The van der Waals surface area contributed by atoms with E-state index in [9.17, 15) is 4.79 Å². The predicted octanol–water partition coefficient (Wildman–Crippen LogP) is 1.91. The highest BCUT2D eigenvalue weighted by Gasteiger charge is 2.14. The highest BCUT2D eigenvalue weighted by Crippen LogP contribution is 2.19. The minimum absolute atomic E-state index is 0.0177. The Morgan fingerprint density at radius 1 is 1.53 bits per heavy atom. The molecule has 0 fully saturated rings. The molecule has 0 aliphatic heterocycles. The molecule has 1 unspecified atom stereocenters. The zero-order valence-electron chi connectivity index (χ0n) is 8.14. The van der Waals surface area contributed by atoms with Gasteiger partial charge >= 0.3 is 0 Å². The Morgan fingerprint density at radius 3 is 2.80 bits per heavy atom. The fraction of sp³-hybridized carbons (Fsp3) is 0.200. The van der Waals surface area contributed by atoms with Gasteiger partial charge in [0.1, 0.15) is 0 Å². The first-order valence-corrected chi connectivity index (χ1v) is 5.69. The van der Waals surface area contributed by atoms with E-state index in [1.807, 2.05) is 31.2 Å². The Bertz CT molecular complexity index is 570. The van der Waals surface area contributed by atoms with Crippen molar-refractivity contribution in [2.45, 2.75) is 13.0 Å². The van der Waals surface area contributed by atoms with Crippen LogP contribution in [-0.4, -0.2) is 8.95 Å². The van der Waals surface area contributed by atoms with E-state index in [0.717, 1.165) is 10.1 Å². The van der Waals surface area contributed by atoms with Crippen LogP contribution in [0.4, 0.5) is 0 Å². The molecule has 0 bridgehead atoms. The lowest BCUT2D eigenvalue weighted by molar-refractivity contribution is 0.743. The van der Waals surface area contributed by atoms with Gasteiger partial charge in [0.25, 0.3) is 5.56 Å². The summed E-state index contributed by atoms with van der Waals surface area (Å²) in [5.74, 6) is 0. The monoisotopic (exact) mass is 238 g/mol. The maximum atomic E-state index is 11.9. The quantitative estimate of drug-likeness (QED) is 0.813. The second-order valence-electron chi connectivity index (χ2n) is 3.30. The molecule has 2 rings (SSSR count). The van der Waals surface area contributed by atoms with Gasteiger partial charge < -0.3 is 5.73 Å². The molecule has 0 aliphatic carbocycles. The van der Waals surface area contributed by atoms with E-state index in [0.29, 0.717) is 4.99 Å². The Labute approximate surface area is 96.3 Å². The summed E-state index contributed by atoms with van der Waals surface area (Å²) in [6.45, 7) is 1.83. The minimum atomic E-state index is -0.218. The molecule has 15 heavy (non-hydrogen) atoms. The Kier molecular flexibility index (Phi) is 2.58. The summed E-state index contributed by atoms with van der Waals surface area (Å²) >= 11 is 6.29. The molecule has 1 heterocycles. The van der Waals surface area contributed by atoms with E-state index in [1.54, 1.807) is 3.96 Å². The summed E-state index contributed by atoms with van der Waals surface area (Å²) in [5.41, 5.74) is 5.52. The van der Waals surface area contributed by atoms with Crippen molar-refractivity contribution in [3.05, 3.63) is 34.6 Å². The van der Waals surface area contributed by atoms with E-state index in [4.69, 9.17) is 18.0 Å². The van der Waals surface area contributed by atoms with E-state index in [-0.39, 0.29) is 11.6 Å². The van der Waals surface area contributed by atoms with Gasteiger partial charge in [0.05, 0.1) is 21.1 Å². The molecule has 0 spiro atoms. The number of thiocarbonyl (C=S) groups is 1. The molecule has 1 atom stereocenters. The van der Waals surface area contributed by atoms with Crippen LogP contribution in [0, 0.1) is 0 Å². The third-order valence-electron chi connectivity index (χ3n) is 2.28. The Balaban J connectivity index is 2.68. The van der Waals surface area contributed by atoms with Crippen LogP contribution in [0.1, 0.15) is 13.0 Å². The standard InChI is InChI=1S/C10H10N2OS2/c1-6(9(11)14)12-10(13)7-4-2-3-5-8(7)15-12/h2-6H,1H3,(H2,11,14). The molecule has 1 aromatic heterocycles. The van der Waals surface area contributed by atoms with Gasteiger partial charge in [-0.3, -0.25) is 8.75 Å². The zero-order valence-corrected chi connectivity index (χ0v) is 9.77. The Morgan fingerprint density at radius 2 is 2.20 bits per heavy atom. The molecule has 1 aromatic carbocycles. The van der Waals surface area contributed by atoms with E-state index in [2.05, 4.69) is 0 Å². The summed E-state index contributed by atoms with van der Waals surface area (Å²) < 4.78 is 2.58. The summed E-state index contributed by atoms with van der Waals surface area (Å²) in [7, 11) is 0. The van der Waals surface area contributed by atoms with Crippen molar-refractivity contribution in [2.24, 2.45) is 5.73 Å². The molecule has 2 N–H and O–H groups in total. The molecule has 2 aromatic rings. The van der Waals surface area contributed by atoms with Crippen LogP contribution in [-0.2, 0) is 0 Å². The maximum Gasteiger partial charge on any atom is 0.269 e. The number of aromatic nitrogens is 1. The van der Waals surface area contributed by atoms with Gasteiger partial charge in [-0.05, 0) is 19.1 Å². The minimum Gasteiger partial charge on any atom is -0.392 e.